The van der Waals surface area contributed by atoms with Crippen LogP contribution < -0.4 is 4.74 Å². The van der Waals surface area contributed by atoms with E-state index in [2.05, 4.69) is 0 Å². The summed E-state index contributed by atoms with van der Waals surface area (Å²) >= 11 is 5.74. The molecule has 0 unspecified atom stereocenters. The van der Waals surface area contributed by atoms with Gasteiger partial charge in [0.15, 0.2) is 0 Å². The van der Waals surface area contributed by atoms with Gasteiger partial charge in [-0.2, -0.15) is 0 Å². The molecule has 0 aliphatic rings. The fourth-order valence-corrected chi connectivity index (χ4v) is 1.91. The number of nitro benzene ring substituents is 1. The second-order valence-corrected chi connectivity index (χ2v) is 4.69. The third kappa shape index (κ3) is 3.29. The molecule has 2 rings (SSSR count). The Morgan fingerprint density at radius 2 is 2.00 bits per heavy atom. The topological polar surface area (TPSA) is 89.7 Å². The van der Waals surface area contributed by atoms with Crippen molar-refractivity contribution in [1.29, 1.82) is 0 Å². The molecule has 0 saturated carbocycles. The number of aromatic carboxylic acids is 1. The number of aryl methyl sites for hydroxylation is 1. The van der Waals surface area contributed by atoms with E-state index < -0.39 is 10.9 Å². The maximum absolute atomic E-state index is 11.1. The molecule has 0 aliphatic heterocycles. The largest absolute Gasteiger partial charge is 0.478 e. The Hall–Kier alpha value is -2.60. The molecule has 21 heavy (non-hydrogen) atoms. The number of nitrogens with zero attached hydrogens (tertiary/aromatic N) is 1. The molecule has 0 fully saturated rings. The van der Waals surface area contributed by atoms with Crippen molar-refractivity contribution in [1.82, 2.24) is 0 Å². The lowest BCUT2D eigenvalue weighted by Crippen LogP contribution is -2.00. The number of halogens is 1. The molecule has 0 saturated heterocycles. The molecule has 1 N–H and O–H groups in total. The number of hydrogen-bond acceptors (Lipinski definition) is 4. The van der Waals surface area contributed by atoms with Crippen molar-refractivity contribution in [3.63, 3.8) is 0 Å². The lowest BCUT2D eigenvalue weighted by Gasteiger charge is -2.09. The number of benzene rings is 2. The van der Waals surface area contributed by atoms with Gasteiger partial charge < -0.3 is 9.84 Å². The minimum Gasteiger partial charge on any atom is -0.478 e. The van der Waals surface area contributed by atoms with Gasteiger partial charge in [-0.25, -0.2) is 4.79 Å². The minimum atomic E-state index is -1.20. The van der Waals surface area contributed by atoms with Crippen molar-refractivity contribution in [3.05, 3.63) is 62.7 Å². The van der Waals surface area contributed by atoms with Gasteiger partial charge in [0.2, 0.25) is 0 Å². The van der Waals surface area contributed by atoms with Crippen molar-refractivity contribution in [2.75, 3.05) is 0 Å². The molecule has 0 atom stereocenters. The number of hydrogen-bond donors (Lipinski definition) is 1. The van der Waals surface area contributed by atoms with Crippen LogP contribution in [0.4, 0.5) is 5.69 Å². The summed E-state index contributed by atoms with van der Waals surface area (Å²) in [5, 5.41) is 20.3. The predicted molar refractivity (Wildman–Crippen MR) is 76.3 cm³/mol. The van der Waals surface area contributed by atoms with E-state index in [1.54, 1.807) is 6.92 Å². The monoisotopic (exact) mass is 307 g/mol. The molecule has 2 aromatic carbocycles. The Balaban J connectivity index is 2.41. The molecule has 0 heterocycles. The van der Waals surface area contributed by atoms with Crippen LogP contribution >= 0.6 is 11.6 Å². The smallest absolute Gasteiger partial charge is 0.339 e. The van der Waals surface area contributed by atoms with Gasteiger partial charge in [-0.05, 0) is 37.3 Å². The first-order chi connectivity index (χ1) is 9.88. The summed E-state index contributed by atoms with van der Waals surface area (Å²) in [6.45, 7) is 1.60. The lowest BCUT2D eigenvalue weighted by molar-refractivity contribution is -0.385. The summed E-state index contributed by atoms with van der Waals surface area (Å²) in [6.07, 6.45) is 0. The molecule has 2 aromatic rings. The van der Waals surface area contributed by atoms with Crippen LogP contribution in [0.1, 0.15) is 15.9 Å². The van der Waals surface area contributed by atoms with Crippen LogP contribution in [0, 0.1) is 17.0 Å². The molecule has 0 aromatic heterocycles. The Bertz CT molecular complexity index is 729. The Morgan fingerprint density at radius 3 is 2.62 bits per heavy atom. The maximum Gasteiger partial charge on any atom is 0.339 e. The summed E-state index contributed by atoms with van der Waals surface area (Å²) in [5.41, 5.74) is 0.269. The summed E-state index contributed by atoms with van der Waals surface area (Å²) in [7, 11) is 0. The van der Waals surface area contributed by atoms with Crippen LogP contribution in [0.5, 0.6) is 11.5 Å². The van der Waals surface area contributed by atoms with E-state index in [9.17, 15) is 14.9 Å². The molecule has 0 amide bonds. The minimum absolute atomic E-state index is 0.0602. The van der Waals surface area contributed by atoms with Crippen LogP contribution in [0.2, 0.25) is 5.02 Å². The molecule has 0 aliphatic carbocycles. The fraction of sp³-hybridized carbons (Fsp3) is 0.0714. The molecule has 7 heteroatoms. The van der Waals surface area contributed by atoms with Crippen LogP contribution in [0.25, 0.3) is 0 Å². The summed E-state index contributed by atoms with van der Waals surface area (Å²) in [6, 6.07) is 8.44. The summed E-state index contributed by atoms with van der Waals surface area (Å²) in [4.78, 5) is 21.5. The van der Waals surface area contributed by atoms with Crippen molar-refractivity contribution in [3.8, 4) is 11.5 Å². The van der Waals surface area contributed by atoms with E-state index in [1.165, 1.54) is 36.4 Å². The molecule has 0 spiro atoms. The van der Waals surface area contributed by atoms with Crippen LogP contribution in [-0.4, -0.2) is 16.0 Å². The zero-order valence-electron chi connectivity index (χ0n) is 10.9. The number of nitro groups is 1. The van der Waals surface area contributed by atoms with Crippen LogP contribution in [0.3, 0.4) is 0 Å². The number of rotatable bonds is 4. The molecular formula is C14H10ClNO5. The van der Waals surface area contributed by atoms with Gasteiger partial charge in [-0.3, -0.25) is 10.1 Å². The first kappa shape index (κ1) is 14.8. The van der Waals surface area contributed by atoms with E-state index in [0.29, 0.717) is 5.56 Å². The first-order valence-electron chi connectivity index (χ1n) is 5.84. The van der Waals surface area contributed by atoms with Gasteiger partial charge >= 0.3 is 5.97 Å². The fourth-order valence-electron chi connectivity index (χ4n) is 1.73. The van der Waals surface area contributed by atoms with Gasteiger partial charge in [0.05, 0.1) is 11.0 Å². The van der Waals surface area contributed by atoms with Crippen molar-refractivity contribution < 1.29 is 19.6 Å². The standard InChI is InChI=1S/C14H10ClNO5/c1-8-2-4-10(7-12(8)16(19)20)21-13-5-3-9(15)6-11(13)14(17)18/h2-7H,1H3,(H,17,18). The van der Waals surface area contributed by atoms with Crippen molar-refractivity contribution in [2.45, 2.75) is 6.92 Å². The third-order valence-electron chi connectivity index (χ3n) is 2.78. The molecule has 0 radical (unpaired) electrons. The van der Waals surface area contributed by atoms with Gasteiger partial charge in [-0.1, -0.05) is 11.6 Å². The zero-order valence-corrected chi connectivity index (χ0v) is 11.6. The average molecular weight is 308 g/mol. The van der Waals surface area contributed by atoms with Crippen molar-refractivity contribution >= 4 is 23.3 Å². The second kappa shape index (κ2) is 5.80. The van der Waals surface area contributed by atoms with Gasteiger partial charge in [0.1, 0.15) is 17.1 Å². The van der Waals surface area contributed by atoms with Crippen LogP contribution in [0.15, 0.2) is 36.4 Å². The highest BCUT2D eigenvalue weighted by molar-refractivity contribution is 6.31. The zero-order chi connectivity index (χ0) is 15.6. The normalized spacial score (nSPS) is 10.2. The molecule has 108 valence electrons. The number of carboxylic acid groups (broad SMARTS) is 1. The number of carbonyl (C=O) groups is 1. The van der Waals surface area contributed by atoms with Crippen molar-refractivity contribution in [2.24, 2.45) is 0 Å². The summed E-state index contributed by atoms with van der Waals surface area (Å²) < 4.78 is 5.43. The molecule has 0 bridgehead atoms. The average Bonchev–Trinajstić information content (AvgIpc) is 2.42. The van der Waals surface area contributed by atoms with E-state index in [-0.39, 0.29) is 27.8 Å². The Kier molecular flexibility index (Phi) is 4.09. The van der Waals surface area contributed by atoms with Gasteiger partial charge in [0, 0.05) is 10.6 Å². The highest BCUT2D eigenvalue weighted by atomic mass is 35.5. The third-order valence-corrected chi connectivity index (χ3v) is 3.01. The second-order valence-electron chi connectivity index (χ2n) is 4.25. The quantitative estimate of drug-likeness (QED) is 0.680. The predicted octanol–water partition coefficient (Wildman–Crippen LogP) is 4.05. The van der Waals surface area contributed by atoms with Gasteiger partial charge in [-0.15, -0.1) is 0 Å². The van der Waals surface area contributed by atoms with E-state index in [4.69, 9.17) is 21.4 Å². The van der Waals surface area contributed by atoms with Gasteiger partial charge in [0.25, 0.3) is 5.69 Å². The lowest BCUT2D eigenvalue weighted by atomic mass is 10.2. The first-order valence-corrected chi connectivity index (χ1v) is 6.22. The highest BCUT2D eigenvalue weighted by Gasteiger charge is 2.16. The number of ether oxygens (including phenoxy) is 1. The van der Waals surface area contributed by atoms with Crippen LogP contribution in [-0.2, 0) is 0 Å². The SMILES string of the molecule is Cc1ccc(Oc2ccc(Cl)cc2C(=O)O)cc1[N+](=O)[O-]. The maximum atomic E-state index is 11.1. The van der Waals surface area contributed by atoms with E-state index in [1.807, 2.05) is 0 Å². The Labute approximate surface area is 124 Å². The number of carboxylic acids is 1. The highest BCUT2D eigenvalue weighted by Crippen LogP contribution is 2.31. The van der Waals surface area contributed by atoms with E-state index >= 15 is 0 Å². The molecular weight excluding hydrogens is 298 g/mol. The van der Waals surface area contributed by atoms with E-state index in [0.717, 1.165) is 0 Å². The molecule has 6 nitrogen and oxygen atoms in total. The Morgan fingerprint density at radius 1 is 1.29 bits per heavy atom. The summed E-state index contributed by atoms with van der Waals surface area (Å²) in [5.74, 6) is -0.962.